The highest BCUT2D eigenvalue weighted by Crippen LogP contribution is 2.20. The molecule has 1 saturated heterocycles. The van der Waals surface area contributed by atoms with E-state index in [1.54, 1.807) is 23.3 Å². The van der Waals surface area contributed by atoms with Gasteiger partial charge in [-0.25, -0.2) is 0 Å². The molecule has 1 atom stereocenters. The third-order valence-corrected chi connectivity index (χ3v) is 4.28. The van der Waals surface area contributed by atoms with Crippen molar-refractivity contribution < 1.29 is 18.8 Å². The molecule has 0 spiro atoms. The van der Waals surface area contributed by atoms with E-state index in [0.717, 1.165) is 19.3 Å². The number of nitrogens with zero attached hydrogens (tertiary/aromatic N) is 1. The van der Waals surface area contributed by atoms with Crippen LogP contribution in [0.4, 0.5) is 0 Å². The molecule has 2 rings (SSSR count). The first kappa shape index (κ1) is 19.9. The Bertz CT molecular complexity index is 647. The number of likely N-dealkylation sites (tertiary alicyclic amines) is 1. The Labute approximate surface area is 157 Å². The fourth-order valence-corrected chi connectivity index (χ4v) is 2.83. The van der Waals surface area contributed by atoms with Gasteiger partial charge in [0.1, 0.15) is 5.76 Å². The number of hydrazine groups is 1. The molecule has 1 aromatic rings. The molecule has 1 aromatic heterocycles. The van der Waals surface area contributed by atoms with E-state index in [4.69, 9.17) is 16.6 Å². The maximum Gasteiger partial charge on any atom is 0.243 e. The summed E-state index contributed by atoms with van der Waals surface area (Å²) in [4.78, 5) is 37.5. The van der Waals surface area contributed by atoms with Crippen molar-refractivity contribution in [1.29, 1.82) is 0 Å². The molecule has 3 amide bonds. The molecule has 1 aliphatic rings. The molecular weight excluding hydrogens is 356 g/mol. The first-order valence-corrected chi connectivity index (χ1v) is 9.10. The molecule has 9 heteroatoms. The molecule has 3 N–H and O–H groups in total. The van der Waals surface area contributed by atoms with Gasteiger partial charge in [0.15, 0.2) is 5.11 Å². The lowest BCUT2D eigenvalue weighted by molar-refractivity contribution is -0.129. The molecule has 0 bridgehead atoms. The Kier molecular flexibility index (Phi) is 7.58. The van der Waals surface area contributed by atoms with Crippen LogP contribution in [0.15, 0.2) is 22.8 Å². The Morgan fingerprint density at radius 1 is 1.35 bits per heavy atom. The summed E-state index contributed by atoms with van der Waals surface area (Å²) < 4.78 is 5.23. The van der Waals surface area contributed by atoms with Crippen molar-refractivity contribution in [1.82, 2.24) is 21.1 Å². The normalized spacial score (nSPS) is 16.4. The van der Waals surface area contributed by atoms with Crippen LogP contribution >= 0.6 is 12.2 Å². The van der Waals surface area contributed by atoms with Gasteiger partial charge in [-0.3, -0.25) is 25.2 Å². The first-order chi connectivity index (χ1) is 12.5. The van der Waals surface area contributed by atoms with E-state index in [0.29, 0.717) is 25.3 Å². The number of unbranched alkanes of at least 4 members (excludes halogenated alkanes) is 2. The summed E-state index contributed by atoms with van der Waals surface area (Å²) in [6.07, 6.45) is 4.87. The number of nitrogens with one attached hydrogen (secondary N) is 3. The van der Waals surface area contributed by atoms with Gasteiger partial charge in [-0.2, -0.15) is 0 Å². The zero-order chi connectivity index (χ0) is 18.9. The molecule has 1 aliphatic heterocycles. The third-order valence-electron chi connectivity index (χ3n) is 4.07. The number of amides is 3. The van der Waals surface area contributed by atoms with Gasteiger partial charge in [0.2, 0.25) is 17.7 Å². The highest BCUT2D eigenvalue weighted by Gasteiger charge is 2.34. The van der Waals surface area contributed by atoms with Crippen LogP contribution in [0.2, 0.25) is 0 Å². The van der Waals surface area contributed by atoms with Crippen LogP contribution < -0.4 is 16.2 Å². The van der Waals surface area contributed by atoms with Crippen molar-refractivity contribution in [3.63, 3.8) is 0 Å². The highest BCUT2D eigenvalue weighted by atomic mass is 32.1. The maximum atomic E-state index is 12.2. The van der Waals surface area contributed by atoms with E-state index in [1.165, 1.54) is 0 Å². The van der Waals surface area contributed by atoms with Gasteiger partial charge in [0.05, 0.1) is 18.7 Å². The Morgan fingerprint density at radius 3 is 2.85 bits per heavy atom. The molecule has 0 aromatic carbocycles. The van der Waals surface area contributed by atoms with E-state index in [9.17, 15) is 14.4 Å². The molecule has 0 saturated carbocycles. The van der Waals surface area contributed by atoms with Crippen molar-refractivity contribution in [2.24, 2.45) is 5.92 Å². The van der Waals surface area contributed by atoms with Gasteiger partial charge in [-0.1, -0.05) is 19.8 Å². The van der Waals surface area contributed by atoms with E-state index in [-0.39, 0.29) is 29.3 Å². The van der Waals surface area contributed by atoms with Gasteiger partial charge in [0, 0.05) is 19.4 Å². The molecule has 1 fully saturated rings. The van der Waals surface area contributed by atoms with Crippen LogP contribution in [0, 0.1) is 5.92 Å². The van der Waals surface area contributed by atoms with Crippen LogP contribution in [0.3, 0.4) is 0 Å². The lowest BCUT2D eigenvalue weighted by Gasteiger charge is -2.16. The predicted molar refractivity (Wildman–Crippen MR) is 98.4 cm³/mol. The second kappa shape index (κ2) is 9.91. The Balaban J connectivity index is 1.70. The van der Waals surface area contributed by atoms with Crippen molar-refractivity contribution in [3.8, 4) is 0 Å². The van der Waals surface area contributed by atoms with Gasteiger partial charge in [0.25, 0.3) is 0 Å². The van der Waals surface area contributed by atoms with Crippen molar-refractivity contribution in [2.75, 3.05) is 6.54 Å². The topological polar surface area (TPSA) is 104 Å². The summed E-state index contributed by atoms with van der Waals surface area (Å²) in [5.74, 6) is -0.445. The molecule has 1 unspecified atom stereocenters. The number of furan rings is 1. The number of hydrogen-bond donors (Lipinski definition) is 3. The monoisotopic (exact) mass is 380 g/mol. The van der Waals surface area contributed by atoms with Crippen LogP contribution in [-0.2, 0) is 20.9 Å². The van der Waals surface area contributed by atoms with Gasteiger partial charge < -0.3 is 14.6 Å². The van der Waals surface area contributed by atoms with Crippen molar-refractivity contribution in [2.45, 2.75) is 45.6 Å². The number of rotatable bonds is 7. The first-order valence-electron chi connectivity index (χ1n) is 8.69. The summed E-state index contributed by atoms with van der Waals surface area (Å²) in [6.45, 7) is 2.71. The fourth-order valence-electron chi connectivity index (χ4n) is 2.67. The minimum atomic E-state index is -0.479. The number of hydrogen-bond acceptors (Lipinski definition) is 5. The lowest BCUT2D eigenvalue weighted by atomic mass is 10.1. The van der Waals surface area contributed by atoms with E-state index >= 15 is 0 Å². The molecule has 2 heterocycles. The highest BCUT2D eigenvalue weighted by molar-refractivity contribution is 7.80. The van der Waals surface area contributed by atoms with Crippen molar-refractivity contribution in [3.05, 3.63) is 24.2 Å². The molecule has 142 valence electrons. The Hall–Kier alpha value is -2.42. The zero-order valence-electron chi connectivity index (χ0n) is 14.7. The predicted octanol–water partition coefficient (Wildman–Crippen LogP) is 1.23. The van der Waals surface area contributed by atoms with Crippen molar-refractivity contribution >= 4 is 35.1 Å². The number of thiocarbonyl (C=S) groups is 1. The van der Waals surface area contributed by atoms with Crippen LogP contribution in [-0.4, -0.2) is 34.3 Å². The Morgan fingerprint density at radius 2 is 2.15 bits per heavy atom. The quantitative estimate of drug-likeness (QED) is 0.373. The minimum absolute atomic E-state index is 0.0385. The summed E-state index contributed by atoms with van der Waals surface area (Å²) in [7, 11) is 0. The van der Waals surface area contributed by atoms with Gasteiger partial charge in [-0.15, -0.1) is 0 Å². The zero-order valence-corrected chi connectivity index (χ0v) is 15.6. The summed E-state index contributed by atoms with van der Waals surface area (Å²) in [6, 6.07) is 3.53. The van der Waals surface area contributed by atoms with Crippen LogP contribution in [0.25, 0.3) is 0 Å². The molecule has 26 heavy (non-hydrogen) atoms. The summed E-state index contributed by atoms with van der Waals surface area (Å²) >= 11 is 4.98. The van der Waals surface area contributed by atoms with Crippen LogP contribution in [0.1, 0.15) is 44.8 Å². The molecular formula is C17H24N4O4S. The fraction of sp³-hybridized carbons (Fsp3) is 0.529. The average molecular weight is 380 g/mol. The largest absolute Gasteiger partial charge is 0.467 e. The van der Waals surface area contributed by atoms with E-state index in [2.05, 4.69) is 23.1 Å². The average Bonchev–Trinajstić information content (AvgIpc) is 3.23. The van der Waals surface area contributed by atoms with Crippen LogP contribution in [0.5, 0.6) is 0 Å². The molecule has 0 radical (unpaired) electrons. The van der Waals surface area contributed by atoms with E-state index in [1.807, 2.05) is 0 Å². The summed E-state index contributed by atoms with van der Waals surface area (Å²) in [5.41, 5.74) is 4.96. The number of carbonyl (C=O) groups excluding carboxylic acids is 3. The second-order valence-corrected chi connectivity index (χ2v) is 6.61. The second-order valence-electron chi connectivity index (χ2n) is 6.20. The molecule has 8 nitrogen and oxygen atoms in total. The van der Waals surface area contributed by atoms with Gasteiger partial charge in [-0.05, 0) is 30.8 Å². The maximum absolute atomic E-state index is 12.2. The smallest absolute Gasteiger partial charge is 0.243 e. The standard InChI is InChI=1S/C17H24N4O4S/c1-2-3-4-7-14(22)18-17(26)20-19-16(24)12-9-15(23)21(10-12)11-13-6-5-8-25-13/h5-6,8,12H,2-4,7,9-11H2,1H3,(H,19,24)(H2,18,20,22,26). The minimum Gasteiger partial charge on any atom is -0.467 e. The summed E-state index contributed by atoms with van der Waals surface area (Å²) in [5, 5.41) is 2.55. The molecule has 0 aliphatic carbocycles. The number of carbonyl (C=O) groups is 3. The van der Waals surface area contributed by atoms with E-state index < -0.39 is 5.92 Å². The lowest BCUT2D eigenvalue weighted by Crippen LogP contribution is -2.50. The third kappa shape index (κ3) is 6.14. The van der Waals surface area contributed by atoms with Gasteiger partial charge >= 0.3 is 0 Å². The SMILES string of the molecule is CCCCCC(=O)NC(=S)NNC(=O)C1CC(=O)N(Cc2ccco2)C1.